The van der Waals surface area contributed by atoms with Gasteiger partial charge in [0.05, 0.1) is 0 Å². The van der Waals surface area contributed by atoms with Crippen molar-refractivity contribution in [2.75, 3.05) is 72.5 Å². The molecule has 2 fully saturated rings. The number of carbonyl (C=O) groups is 1. The molecule has 2 aliphatic rings. The predicted octanol–water partition coefficient (Wildman–Crippen LogP) is 1.81. The highest BCUT2D eigenvalue weighted by molar-refractivity contribution is 14.0. The molecule has 0 unspecified atom stereocenters. The van der Waals surface area contributed by atoms with Gasteiger partial charge in [-0.2, -0.15) is 0 Å². The molecule has 0 aliphatic carbocycles. The lowest BCUT2D eigenvalue weighted by molar-refractivity contribution is 0.0147. The van der Waals surface area contributed by atoms with Gasteiger partial charge in [-0.25, -0.2) is 4.79 Å². The number of rotatable bonds is 6. The van der Waals surface area contributed by atoms with E-state index in [1.807, 2.05) is 27.8 Å². The first-order chi connectivity index (χ1) is 13.4. The number of halogens is 1. The third kappa shape index (κ3) is 10.7. The third-order valence-corrected chi connectivity index (χ3v) is 5.14. The van der Waals surface area contributed by atoms with Gasteiger partial charge >= 0.3 is 6.09 Å². The smallest absolute Gasteiger partial charge is 0.410 e. The van der Waals surface area contributed by atoms with E-state index in [4.69, 9.17) is 4.74 Å². The number of piperidine rings is 1. The number of nitrogens with one attached hydrogen (secondary N) is 2. The summed E-state index contributed by atoms with van der Waals surface area (Å²) in [6.07, 6.45) is 3.82. The Morgan fingerprint density at radius 1 is 0.897 bits per heavy atom. The van der Waals surface area contributed by atoms with Crippen molar-refractivity contribution in [2.45, 2.75) is 45.6 Å². The molecule has 0 aromatic rings. The normalized spacial score (nSPS) is 19.4. The van der Waals surface area contributed by atoms with Gasteiger partial charge in [0, 0.05) is 59.4 Å². The number of piperazine rings is 1. The van der Waals surface area contributed by atoms with Gasteiger partial charge in [-0.05, 0) is 46.7 Å². The molecule has 0 aromatic carbocycles. The van der Waals surface area contributed by atoms with Gasteiger partial charge in [0.25, 0.3) is 0 Å². The summed E-state index contributed by atoms with van der Waals surface area (Å²) >= 11 is 0. The van der Waals surface area contributed by atoms with E-state index in [-0.39, 0.29) is 30.1 Å². The first-order valence-corrected chi connectivity index (χ1v) is 10.7. The summed E-state index contributed by atoms with van der Waals surface area (Å²) < 4.78 is 5.45. The van der Waals surface area contributed by atoms with Crippen LogP contribution in [-0.4, -0.2) is 105 Å². The Balaban J connectivity index is 0.00000420. The van der Waals surface area contributed by atoms with Gasteiger partial charge < -0.3 is 25.2 Å². The SMILES string of the molecule is CN=C(NCCN1CCCCC1)NCCN1CCN(C(=O)OC(C)(C)C)CC1.I. The van der Waals surface area contributed by atoms with Gasteiger partial charge in [-0.15, -0.1) is 24.0 Å². The lowest BCUT2D eigenvalue weighted by Crippen LogP contribution is -2.52. The van der Waals surface area contributed by atoms with Crippen molar-refractivity contribution in [3.8, 4) is 0 Å². The Bertz CT molecular complexity index is 498. The zero-order chi connectivity index (χ0) is 20.4. The molecule has 0 aromatic heterocycles. The summed E-state index contributed by atoms with van der Waals surface area (Å²) in [6.45, 7) is 15.1. The minimum atomic E-state index is -0.435. The molecule has 2 heterocycles. The average molecular weight is 524 g/mol. The van der Waals surface area contributed by atoms with Crippen molar-refractivity contribution >= 4 is 36.0 Å². The molecular weight excluding hydrogens is 483 g/mol. The highest BCUT2D eigenvalue weighted by Crippen LogP contribution is 2.11. The molecule has 0 atom stereocenters. The quantitative estimate of drug-likeness (QED) is 0.314. The fraction of sp³-hybridized carbons (Fsp3) is 0.900. The zero-order valence-electron chi connectivity index (χ0n) is 18.7. The van der Waals surface area contributed by atoms with Crippen LogP contribution >= 0.6 is 24.0 Å². The minimum Gasteiger partial charge on any atom is -0.444 e. The van der Waals surface area contributed by atoms with Crippen LogP contribution in [0.2, 0.25) is 0 Å². The Labute approximate surface area is 193 Å². The summed E-state index contributed by atoms with van der Waals surface area (Å²) in [7, 11) is 1.82. The van der Waals surface area contributed by atoms with E-state index >= 15 is 0 Å². The average Bonchev–Trinajstić information content (AvgIpc) is 2.67. The van der Waals surface area contributed by atoms with Crippen molar-refractivity contribution in [2.24, 2.45) is 4.99 Å². The van der Waals surface area contributed by atoms with Gasteiger partial charge in [0.15, 0.2) is 5.96 Å². The van der Waals surface area contributed by atoms with Gasteiger partial charge in [0.1, 0.15) is 5.60 Å². The topological polar surface area (TPSA) is 72.4 Å². The summed E-state index contributed by atoms with van der Waals surface area (Å²) in [4.78, 5) is 23.1. The molecule has 2 rings (SSSR count). The number of nitrogens with zero attached hydrogens (tertiary/aromatic N) is 4. The van der Waals surface area contributed by atoms with Crippen molar-refractivity contribution in [1.82, 2.24) is 25.3 Å². The van der Waals surface area contributed by atoms with E-state index in [0.29, 0.717) is 0 Å². The van der Waals surface area contributed by atoms with Gasteiger partial charge in [-0.1, -0.05) is 6.42 Å². The fourth-order valence-electron chi connectivity index (χ4n) is 3.55. The number of likely N-dealkylation sites (tertiary alicyclic amines) is 1. The van der Waals surface area contributed by atoms with Crippen molar-refractivity contribution < 1.29 is 9.53 Å². The molecule has 2 saturated heterocycles. The molecule has 0 bridgehead atoms. The third-order valence-electron chi connectivity index (χ3n) is 5.14. The monoisotopic (exact) mass is 524 g/mol. The summed E-state index contributed by atoms with van der Waals surface area (Å²) in [5.41, 5.74) is -0.435. The van der Waals surface area contributed by atoms with E-state index < -0.39 is 5.60 Å². The van der Waals surface area contributed by atoms with Crippen molar-refractivity contribution in [3.05, 3.63) is 0 Å². The fourth-order valence-corrected chi connectivity index (χ4v) is 3.55. The van der Waals surface area contributed by atoms with Crippen molar-refractivity contribution in [3.63, 3.8) is 0 Å². The van der Waals surface area contributed by atoms with Gasteiger partial charge in [0.2, 0.25) is 0 Å². The van der Waals surface area contributed by atoms with E-state index in [1.165, 1.54) is 32.4 Å². The van der Waals surface area contributed by atoms with Crippen LogP contribution in [-0.2, 0) is 4.74 Å². The lowest BCUT2D eigenvalue weighted by Gasteiger charge is -2.35. The summed E-state index contributed by atoms with van der Waals surface area (Å²) in [6, 6.07) is 0. The van der Waals surface area contributed by atoms with Crippen LogP contribution in [0.25, 0.3) is 0 Å². The first-order valence-electron chi connectivity index (χ1n) is 10.7. The van der Waals surface area contributed by atoms with Crippen LogP contribution in [0.3, 0.4) is 0 Å². The number of hydrogen-bond donors (Lipinski definition) is 2. The zero-order valence-corrected chi connectivity index (χ0v) is 21.0. The highest BCUT2D eigenvalue weighted by atomic mass is 127. The second kappa shape index (κ2) is 13.5. The van der Waals surface area contributed by atoms with Gasteiger partial charge in [-0.3, -0.25) is 9.89 Å². The molecular formula is C20H41IN6O2. The minimum absolute atomic E-state index is 0. The van der Waals surface area contributed by atoms with Crippen molar-refractivity contribution in [1.29, 1.82) is 0 Å². The molecule has 29 heavy (non-hydrogen) atoms. The number of amides is 1. The lowest BCUT2D eigenvalue weighted by atomic mass is 10.1. The number of guanidine groups is 1. The number of aliphatic imine (C=N–C) groups is 1. The molecule has 0 saturated carbocycles. The molecule has 2 N–H and O–H groups in total. The highest BCUT2D eigenvalue weighted by Gasteiger charge is 2.25. The Morgan fingerprint density at radius 3 is 1.90 bits per heavy atom. The standard InChI is InChI=1S/C20H40N6O2.HI/c1-20(2,3)28-19(27)26-16-14-25(15-17-26)13-9-23-18(21-4)22-8-12-24-10-6-5-7-11-24;/h5-17H2,1-4H3,(H2,21,22,23);1H. The van der Waals surface area contributed by atoms with Crippen LogP contribution < -0.4 is 10.6 Å². The predicted molar refractivity (Wildman–Crippen MR) is 129 cm³/mol. The maximum atomic E-state index is 12.1. The molecule has 1 amide bonds. The second-order valence-electron chi connectivity index (χ2n) is 8.64. The number of hydrogen-bond acceptors (Lipinski definition) is 5. The van der Waals surface area contributed by atoms with Crippen LogP contribution in [0.1, 0.15) is 40.0 Å². The van der Waals surface area contributed by atoms with Crippen LogP contribution in [0, 0.1) is 0 Å². The molecule has 9 heteroatoms. The maximum Gasteiger partial charge on any atom is 0.410 e. The van der Waals surface area contributed by atoms with E-state index in [9.17, 15) is 4.79 Å². The van der Waals surface area contributed by atoms with Crippen LogP contribution in [0.15, 0.2) is 4.99 Å². The number of carbonyl (C=O) groups excluding carboxylic acids is 1. The van der Waals surface area contributed by atoms with E-state index in [2.05, 4.69) is 25.4 Å². The Hall–Kier alpha value is -0.810. The second-order valence-corrected chi connectivity index (χ2v) is 8.64. The molecule has 2 aliphatic heterocycles. The van der Waals surface area contributed by atoms with E-state index in [1.54, 1.807) is 4.90 Å². The van der Waals surface area contributed by atoms with E-state index in [0.717, 1.165) is 58.3 Å². The van der Waals surface area contributed by atoms with Crippen LogP contribution in [0.5, 0.6) is 0 Å². The first kappa shape index (κ1) is 26.2. The Kier molecular flexibility index (Phi) is 12.2. The Morgan fingerprint density at radius 2 is 1.41 bits per heavy atom. The largest absolute Gasteiger partial charge is 0.444 e. The maximum absolute atomic E-state index is 12.1. The number of ether oxygens (including phenoxy) is 1. The summed E-state index contributed by atoms with van der Waals surface area (Å²) in [5.74, 6) is 0.865. The molecule has 0 spiro atoms. The van der Waals surface area contributed by atoms with Crippen LogP contribution in [0.4, 0.5) is 4.79 Å². The molecule has 0 radical (unpaired) electrons. The summed E-state index contributed by atoms with van der Waals surface area (Å²) in [5, 5.41) is 6.80. The molecule has 8 nitrogen and oxygen atoms in total. The molecule has 170 valence electrons.